The van der Waals surface area contributed by atoms with Gasteiger partial charge < -0.3 is 9.90 Å². The molecule has 2 atom stereocenters. The Morgan fingerprint density at radius 1 is 0.767 bits per heavy atom. The Labute approximate surface area is 199 Å². The predicted molar refractivity (Wildman–Crippen MR) is 125 cm³/mol. The molecule has 0 fully saturated rings. The van der Waals surface area contributed by atoms with Crippen LogP contribution in [0.2, 0.25) is 0 Å². The van der Waals surface area contributed by atoms with E-state index in [1.807, 2.05) is 12.2 Å². The van der Waals surface area contributed by atoms with E-state index in [9.17, 15) is 9.90 Å². The van der Waals surface area contributed by atoms with Crippen molar-refractivity contribution in [1.82, 2.24) is 4.90 Å². The first-order chi connectivity index (χ1) is 14.1. The number of carboxylic acids is 1. The van der Waals surface area contributed by atoms with Crippen LogP contribution in [0.25, 0.3) is 0 Å². The summed E-state index contributed by atoms with van der Waals surface area (Å²) in [6.07, 6.45) is 22.5. The van der Waals surface area contributed by atoms with Crippen LogP contribution in [0.1, 0.15) is 117 Å². The Morgan fingerprint density at radius 3 is 1.50 bits per heavy atom. The molecule has 0 aliphatic carbocycles. The van der Waals surface area contributed by atoms with E-state index in [0.717, 1.165) is 51.4 Å². The zero-order valence-electron chi connectivity index (χ0n) is 20.5. The van der Waals surface area contributed by atoms with Gasteiger partial charge in [0.25, 0.3) is 0 Å². The van der Waals surface area contributed by atoms with Crippen LogP contribution in [0.4, 0.5) is 0 Å². The summed E-state index contributed by atoms with van der Waals surface area (Å²) < 4.78 is 0. The molecule has 0 bridgehead atoms. The van der Waals surface area contributed by atoms with Gasteiger partial charge in [-0.15, -0.1) is 13.2 Å². The predicted octanol–water partition coefficient (Wildman–Crippen LogP) is 3.43. The molecule has 170 valence electrons. The average Bonchev–Trinajstić information content (AvgIpc) is 2.69. The summed E-state index contributed by atoms with van der Waals surface area (Å²) in [6.45, 7) is 12.1. The SMILES string of the molecule is C=CCCCCCCC(CCC)N(CC(=O)[O-])C(CCC)CCCCCCC=C.[Li+]. The topological polar surface area (TPSA) is 43.4 Å². The number of aliphatic carboxylic acids is 1. The maximum Gasteiger partial charge on any atom is 1.00 e. The van der Waals surface area contributed by atoms with Crippen molar-refractivity contribution in [2.45, 2.75) is 129 Å². The van der Waals surface area contributed by atoms with Gasteiger partial charge in [0.15, 0.2) is 0 Å². The van der Waals surface area contributed by atoms with Crippen molar-refractivity contribution in [2.24, 2.45) is 0 Å². The first-order valence-electron chi connectivity index (χ1n) is 12.3. The summed E-state index contributed by atoms with van der Waals surface area (Å²) in [5.41, 5.74) is 0. The summed E-state index contributed by atoms with van der Waals surface area (Å²) >= 11 is 0. The summed E-state index contributed by atoms with van der Waals surface area (Å²) in [4.78, 5) is 13.9. The van der Waals surface area contributed by atoms with Crippen LogP contribution in [0, 0.1) is 0 Å². The van der Waals surface area contributed by atoms with Crippen molar-refractivity contribution < 1.29 is 28.8 Å². The number of carboxylic acid groups (broad SMARTS) is 1. The molecular weight excluding hydrogens is 365 g/mol. The third-order valence-electron chi connectivity index (χ3n) is 5.88. The average molecular weight is 414 g/mol. The van der Waals surface area contributed by atoms with Gasteiger partial charge in [0.2, 0.25) is 0 Å². The molecule has 0 aromatic rings. The fraction of sp³-hybridized carbons (Fsp3) is 0.808. The van der Waals surface area contributed by atoms with Crippen LogP contribution in [0.3, 0.4) is 0 Å². The van der Waals surface area contributed by atoms with Crippen molar-refractivity contribution in [1.29, 1.82) is 0 Å². The van der Waals surface area contributed by atoms with Crippen LogP contribution in [0.5, 0.6) is 0 Å². The minimum Gasteiger partial charge on any atom is -0.549 e. The van der Waals surface area contributed by atoms with Crippen molar-refractivity contribution in [3.05, 3.63) is 25.3 Å². The van der Waals surface area contributed by atoms with Crippen molar-refractivity contribution in [3.8, 4) is 0 Å². The van der Waals surface area contributed by atoms with Gasteiger partial charge in [0.05, 0.1) is 5.97 Å². The van der Waals surface area contributed by atoms with Gasteiger partial charge in [0, 0.05) is 18.6 Å². The molecule has 2 unspecified atom stereocenters. The van der Waals surface area contributed by atoms with E-state index in [2.05, 4.69) is 31.9 Å². The normalized spacial score (nSPS) is 12.9. The molecule has 3 nitrogen and oxygen atoms in total. The van der Waals surface area contributed by atoms with E-state index in [0.29, 0.717) is 12.1 Å². The second-order valence-electron chi connectivity index (χ2n) is 8.49. The molecular formula is C26H48LiNO2. The third kappa shape index (κ3) is 17.2. The molecule has 0 saturated heterocycles. The smallest absolute Gasteiger partial charge is 0.549 e. The van der Waals surface area contributed by atoms with Crippen LogP contribution in [-0.2, 0) is 4.79 Å². The van der Waals surface area contributed by atoms with Gasteiger partial charge in [0.1, 0.15) is 0 Å². The molecule has 0 amide bonds. The number of unbranched alkanes of at least 4 members (excludes halogenated alkanes) is 8. The van der Waals surface area contributed by atoms with Gasteiger partial charge in [-0.3, -0.25) is 4.90 Å². The zero-order valence-corrected chi connectivity index (χ0v) is 20.5. The Hall–Kier alpha value is -0.493. The molecule has 0 N–H and O–H groups in total. The van der Waals surface area contributed by atoms with Gasteiger partial charge >= 0.3 is 18.9 Å². The Bertz CT molecular complexity index is 384. The van der Waals surface area contributed by atoms with Crippen LogP contribution < -0.4 is 24.0 Å². The molecule has 30 heavy (non-hydrogen) atoms. The van der Waals surface area contributed by atoms with Crippen molar-refractivity contribution in [2.75, 3.05) is 6.54 Å². The summed E-state index contributed by atoms with van der Waals surface area (Å²) in [5, 5.41) is 11.6. The molecule has 0 aliphatic rings. The Balaban J connectivity index is 0. The van der Waals surface area contributed by atoms with Crippen molar-refractivity contribution >= 4 is 5.97 Å². The molecule has 0 aliphatic heterocycles. The standard InChI is InChI=1S/C26H49NO2.Li/c1-5-9-11-13-15-17-21-24(19-7-3)27(23-26(28)29)25(20-8-4)22-18-16-14-12-10-6-2;/h5-6,24-25H,1-2,7-23H2,3-4H3,(H,28,29);/q;+1/p-1. The maximum absolute atomic E-state index is 11.6. The van der Waals surface area contributed by atoms with E-state index >= 15 is 0 Å². The molecule has 4 heteroatoms. The van der Waals surface area contributed by atoms with Gasteiger partial charge in [-0.2, -0.15) is 0 Å². The van der Waals surface area contributed by atoms with Gasteiger partial charge in [-0.05, 0) is 51.4 Å². The number of nitrogens with zero attached hydrogens (tertiary/aromatic N) is 1. The number of carbonyl (C=O) groups is 1. The zero-order chi connectivity index (χ0) is 21.7. The molecule has 0 saturated carbocycles. The van der Waals surface area contributed by atoms with Crippen molar-refractivity contribution in [3.63, 3.8) is 0 Å². The Morgan fingerprint density at radius 2 is 1.17 bits per heavy atom. The number of rotatable bonds is 22. The number of hydrogen-bond acceptors (Lipinski definition) is 3. The molecule has 0 aromatic carbocycles. The summed E-state index contributed by atoms with van der Waals surface area (Å²) in [5.74, 6) is -0.927. The molecule has 0 spiro atoms. The van der Waals surface area contributed by atoms with Gasteiger partial charge in [-0.25, -0.2) is 0 Å². The van der Waals surface area contributed by atoms with E-state index in [4.69, 9.17) is 0 Å². The molecule has 0 rings (SSSR count). The molecule has 0 aromatic heterocycles. The minimum absolute atomic E-state index is 0. The first kappa shape index (κ1) is 31.7. The first-order valence-corrected chi connectivity index (χ1v) is 12.3. The van der Waals surface area contributed by atoms with Gasteiger partial charge in [-0.1, -0.05) is 77.4 Å². The second kappa shape index (κ2) is 23.2. The van der Waals surface area contributed by atoms with E-state index < -0.39 is 5.97 Å². The number of carbonyl (C=O) groups excluding carboxylic acids is 1. The van der Waals surface area contributed by atoms with Crippen LogP contribution in [-0.4, -0.2) is 29.5 Å². The van der Waals surface area contributed by atoms with E-state index in [1.165, 1.54) is 51.4 Å². The second-order valence-corrected chi connectivity index (χ2v) is 8.49. The largest absolute Gasteiger partial charge is 1.00 e. The van der Waals surface area contributed by atoms with Crippen LogP contribution in [0.15, 0.2) is 25.3 Å². The minimum atomic E-state index is -0.927. The Kier molecular flexibility index (Phi) is 24.5. The number of allylic oxidation sites excluding steroid dienone is 2. The third-order valence-corrected chi connectivity index (χ3v) is 5.88. The van der Waals surface area contributed by atoms with E-state index in [1.54, 1.807) is 0 Å². The summed E-state index contributed by atoms with van der Waals surface area (Å²) in [6, 6.07) is 0.740. The fourth-order valence-electron chi connectivity index (χ4n) is 4.37. The van der Waals surface area contributed by atoms with E-state index in [-0.39, 0.29) is 25.4 Å². The summed E-state index contributed by atoms with van der Waals surface area (Å²) in [7, 11) is 0. The molecule has 0 heterocycles. The monoisotopic (exact) mass is 413 g/mol. The quantitative estimate of drug-likeness (QED) is 0.155. The van der Waals surface area contributed by atoms with Crippen LogP contribution >= 0.6 is 0 Å². The number of hydrogen-bond donors (Lipinski definition) is 0. The molecule has 0 radical (unpaired) electrons. The fourth-order valence-corrected chi connectivity index (χ4v) is 4.37. The maximum atomic E-state index is 11.6.